The van der Waals surface area contributed by atoms with Crippen molar-refractivity contribution in [2.75, 3.05) is 0 Å². The van der Waals surface area contributed by atoms with Crippen LogP contribution in [0, 0.1) is 0 Å². The van der Waals surface area contributed by atoms with Gasteiger partial charge in [-0.3, -0.25) is 0 Å². The molecule has 0 heteroatoms. The van der Waals surface area contributed by atoms with Gasteiger partial charge in [0.2, 0.25) is 0 Å². The lowest BCUT2D eigenvalue weighted by atomic mass is 9.86. The molecule has 17 aromatic rings. The van der Waals surface area contributed by atoms with Gasteiger partial charge in [0.1, 0.15) is 0 Å². The molecule has 0 unspecified atom stereocenters. The van der Waals surface area contributed by atoms with Gasteiger partial charge in [0.15, 0.2) is 0 Å². The second kappa shape index (κ2) is 13.3. The first-order valence-electron chi connectivity index (χ1n) is 26.8. The average Bonchev–Trinajstić information content (AvgIpc) is 4.22. The van der Waals surface area contributed by atoms with Crippen LogP contribution in [0.5, 0.6) is 0 Å². The Bertz CT molecular complexity index is 5120. The third-order valence-electron chi connectivity index (χ3n) is 18.7. The molecule has 0 radical (unpaired) electrons. The summed E-state index contributed by atoms with van der Waals surface area (Å²) in [5.74, 6) is 0. The van der Waals surface area contributed by atoms with E-state index >= 15 is 0 Å². The smallest absolute Gasteiger partial charge is 0.00139 e. The molecule has 0 amide bonds. The lowest BCUT2D eigenvalue weighted by Gasteiger charge is -2.16. The van der Waals surface area contributed by atoms with Gasteiger partial charge in [0.25, 0.3) is 0 Å². The molecule has 0 saturated carbocycles. The number of fused-ring (bicyclic) bond motifs is 19. The topological polar surface area (TPSA) is 0 Å². The molecule has 0 heterocycles. The number of hydrogen-bond acceptors (Lipinski definition) is 0. The van der Waals surface area contributed by atoms with Crippen molar-refractivity contribution in [2.24, 2.45) is 0 Å². The highest BCUT2D eigenvalue weighted by Gasteiger charge is 2.31. The standard InChI is InChI=1S/C40H20.C36H18/c1-2-6-22-18-34-30-14-10-26-28-12-16-32-36-20-24-8-4-3-7-23(24)19-35(36)31-15-11-27(38(28)40(31)32)25-9-13-29(39(30)37(25)26)33(34)17-21(22)5-1;1-2-6-20-18-32-30-16-14-28-26-12-10-24-22-8-4-3-7-21(22)23-9-11-25(34(26)33(23)24)27-13-15-29(36(30)35(27)28)31(32)17-19(20)5-1/h1-20H;1-18H. The van der Waals surface area contributed by atoms with Crippen molar-refractivity contribution in [2.45, 2.75) is 0 Å². The zero-order chi connectivity index (χ0) is 48.8. The summed E-state index contributed by atoms with van der Waals surface area (Å²) in [6.45, 7) is 0. The summed E-state index contributed by atoms with van der Waals surface area (Å²) < 4.78 is 0. The molecule has 0 aromatic heterocycles. The molecular formula is C76H38. The van der Waals surface area contributed by atoms with Gasteiger partial charge in [-0.1, -0.05) is 194 Å². The Hall–Kier alpha value is -9.88. The summed E-state index contributed by atoms with van der Waals surface area (Å²) in [5.41, 5.74) is 21.8. The molecule has 0 fully saturated rings. The molecule has 0 atom stereocenters. The van der Waals surface area contributed by atoms with Crippen molar-refractivity contribution in [3.05, 3.63) is 231 Å². The molecule has 0 N–H and O–H groups in total. The van der Waals surface area contributed by atoms with Crippen LogP contribution in [0.1, 0.15) is 0 Å². The van der Waals surface area contributed by atoms with Gasteiger partial charge in [0, 0.05) is 0 Å². The van der Waals surface area contributed by atoms with Crippen LogP contribution in [-0.4, -0.2) is 0 Å². The van der Waals surface area contributed by atoms with E-state index < -0.39 is 0 Å². The van der Waals surface area contributed by atoms with Gasteiger partial charge in [-0.15, -0.1) is 0 Å². The number of hydrogen-bond donors (Lipinski definition) is 0. The first kappa shape index (κ1) is 38.7. The maximum absolute atomic E-state index is 2.39. The van der Waals surface area contributed by atoms with E-state index in [1.54, 1.807) is 0 Å². The summed E-state index contributed by atoms with van der Waals surface area (Å²) >= 11 is 0. The van der Waals surface area contributed by atoms with Gasteiger partial charge in [-0.2, -0.15) is 0 Å². The average molecular weight is 951 g/mol. The normalized spacial score (nSPS) is 13.0. The maximum Gasteiger partial charge on any atom is -0.00139 e. The Morgan fingerprint density at radius 2 is 0.289 bits per heavy atom. The molecule has 4 aliphatic rings. The van der Waals surface area contributed by atoms with Crippen molar-refractivity contribution in [1.29, 1.82) is 0 Å². The quantitative estimate of drug-likeness (QED) is 0.105. The Morgan fingerprint density at radius 3 is 0.487 bits per heavy atom. The maximum atomic E-state index is 2.39. The Kier molecular flexibility index (Phi) is 6.75. The highest BCUT2D eigenvalue weighted by molar-refractivity contribution is 6.42. The predicted molar refractivity (Wildman–Crippen MR) is 326 cm³/mol. The first-order chi connectivity index (χ1) is 37.7. The summed E-state index contributed by atoms with van der Waals surface area (Å²) in [6.07, 6.45) is 0. The zero-order valence-corrected chi connectivity index (χ0v) is 40.9. The third kappa shape index (κ3) is 4.51. The Morgan fingerprint density at radius 1 is 0.118 bits per heavy atom. The summed E-state index contributed by atoms with van der Waals surface area (Å²) in [4.78, 5) is 0. The highest BCUT2D eigenvalue weighted by atomic mass is 14.3. The van der Waals surface area contributed by atoms with Gasteiger partial charge in [-0.25, -0.2) is 0 Å². The van der Waals surface area contributed by atoms with Crippen LogP contribution in [0.2, 0.25) is 0 Å². The first-order valence-corrected chi connectivity index (χ1v) is 26.8. The van der Waals surface area contributed by atoms with E-state index in [2.05, 4.69) is 231 Å². The van der Waals surface area contributed by atoms with Crippen LogP contribution < -0.4 is 0 Å². The molecule has 0 spiro atoms. The predicted octanol–water partition coefficient (Wildman–Crippen LogP) is 21.5. The van der Waals surface area contributed by atoms with Crippen molar-refractivity contribution < 1.29 is 0 Å². The van der Waals surface area contributed by atoms with Crippen LogP contribution in [0.15, 0.2) is 231 Å². The minimum atomic E-state index is 1.30. The highest BCUT2D eigenvalue weighted by Crippen LogP contribution is 2.59. The molecule has 0 nitrogen and oxygen atoms in total. The van der Waals surface area contributed by atoms with Crippen molar-refractivity contribution in [1.82, 2.24) is 0 Å². The molecule has 17 aromatic carbocycles. The fourth-order valence-corrected chi connectivity index (χ4v) is 15.6. The largest absolute Gasteiger partial charge is 0.0616 e. The van der Waals surface area contributed by atoms with Crippen LogP contribution in [0.25, 0.3) is 208 Å². The fourth-order valence-electron chi connectivity index (χ4n) is 15.6. The van der Waals surface area contributed by atoms with E-state index in [1.165, 1.54) is 208 Å². The summed E-state index contributed by atoms with van der Waals surface area (Å²) in [6, 6.07) is 87.4. The second-order valence-electron chi connectivity index (χ2n) is 22.1. The Balaban J connectivity index is 0.000000114. The van der Waals surface area contributed by atoms with Gasteiger partial charge in [0.05, 0.1) is 0 Å². The minimum Gasteiger partial charge on any atom is -0.0616 e. The SMILES string of the molecule is c1ccc2c(c1)-c1ccc3c4ccc5c6c(ccc(c7ccc-2c1c37)c64)-c1cc2ccccc2cc1-5.c1ccc2cc3c(cc2c1)-c1ccc2c4ccc5c6c(ccc(c7ccc-3c1c27)c64)-c1cc2ccccc2cc1-5. The van der Waals surface area contributed by atoms with E-state index in [0.717, 1.165) is 0 Å². The second-order valence-corrected chi connectivity index (χ2v) is 22.1. The molecular weight excluding hydrogens is 913 g/mol. The lowest BCUT2D eigenvalue weighted by Crippen LogP contribution is -1.88. The van der Waals surface area contributed by atoms with E-state index in [9.17, 15) is 0 Å². The molecule has 76 heavy (non-hydrogen) atoms. The molecule has 0 aliphatic heterocycles. The minimum absolute atomic E-state index is 1.30. The molecule has 4 aliphatic carbocycles. The molecule has 21 rings (SSSR count). The number of benzene rings is 17. The Labute approximate surface area is 435 Å². The van der Waals surface area contributed by atoms with Crippen LogP contribution in [0.3, 0.4) is 0 Å². The van der Waals surface area contributed by atoms with E-state index in [4.69, 9.17) is 0 Å². The van der Waals surface area contributed by atoms with E-state index in [-0.39, 0.29) is 0 Å². The van der Waals surface area contributed by atoms with Crippen LogP contribution in [-0.2, 0) is 0 Å². The van der Waals surface area contributed by atoms with Crippen molar-refractivity contribution >= 4 is 118 Å². The fraction of sp³-hybridized carbons (Fsp3) is 0. The zero-order valence-electron chi connectivity index (χ0n) is 40.9. The van der Waals surface area contributed by atoms with Crippen LogP contribution >= 0.6 is 0 Å². The third-order valence-corrected chi connectivity index (χ3v) is 18.7. The molecule has 342 valence electrons. The van der Waals surface area contributed by atoms with Gasteiger partial charge in [-0.05, 0) is 244 Å². The van der Waals surface area contributed by atoms with E-state index in [1.807, 2.05) is 0 Å². The van der Waals surface area contributed by atoms with E-state index in [0.29, 0.717) is 0 Å². The van der Waals surface area contributed by atoms with Gasteiger partial charge >= 0.3 is 0 Å². The molecule has 0 saturated heterocycles. The van der Waals surface area contributed by atoms with Gasteiger partial charge < -0.3 is 0 Å². The summed E-state index contributed by atoms with van der Waals surface area (Å²) in [7, 11) is 0. The summed E-state index contributed by atoms with van der Waals surface area (Å²) in [5, 5.41) is 30.1. The van der Waals surface area contributed by atoms with Crippen molar-refractivity contribution in [3.8, 4) is 89.0 Å². The van der Waals surface area contributed by atoms with Crippen LogP contribution in [0.4, 0.5) is 0 Å². The molecule has 0 bridgehead atoms. The van der Waals surface area contributed by atoms with Crippen molar-refractivity contribution in [3.63, 3.8) is 0 Å². The lowest BCUT2D eigenvalue weighted by molar-refractivity contribution is 1.70. The number of rotatable bonds is 0. The monoisotopic (exact) mass is 950 g/mol.